The second-order valence-corrected chi connectivity index (χ2v) is 7.20. The molecule has 0 spiro atoms. The summed E-state index contributed by atoms with van der Waals surface area (Å²) in [5.41, 5.74) is 0.984. The topological polar surface area (TPSA) is 92.2 Å². The Morgan fingerprint density at radius 3 is 2.43 bits per heavy atom. The Labute approximate surface area is 177 Å². The standard InChI is InChI=1S/C22H29N3O5/c1-6-17(30-22(27)23-16-10-8-7-9-11-16)15-25(2,3)24-21(26)19-13-12-18(28-4)14-20(19)29-5/h7-14,17H,6,15H2,1-5H3,(H-,23,24,26,27). The summed E-state index contributed by atoms with van der Waals surface area (Å²) in [5, 5.41) is 19.7. The fourth-order valence-electron chi connectivity index (χ4n) is 2.88. The van der Waals surface area contributed by atoms with E-state index in [0.717, 1.165) is 0 Å². The van der Waals surface area contributed by atoms with Gasteiger partial charge in [0.05, 0.1) is 34.2 Å². The van der Waals surface area contributed by atoms with E-state index in [0.29, 0.717) is 35.7 Å². The molecule has 8 heteroatoms. The lowest BCUT2D eigenvalue weighted by molar-refractivity contribution is -0.901. The van der Waals surface area contributed by atoms with Gasteiger partial charge in [-0.05, 0) is 30.7 Å². The molecule has 0 aliphatic carbocycles. The zero-order valence-corrected chi connectivity index (χ0v) is 18.0. The second-order valence-electron chi connectivity index (χ2n) is 7.20. The molecule has 0 aliphatic rings. The number of para-hydroxylation sites is 1. The third kappa shape index (κ3) is 6.66. The number of carbonyl (C=O) groups excluding carboxylic acids is 1. The number of likely N-dealkylation sites (N-methyl/N-ethyl adjacent to an activating group) is 1. The largest absolute Gasteiger partial charge is 0.854 e. The molecule has 0 aliphatic heterocycles. The Hall–Kier alpha value is -3.26. The maximum Gasteiger partial charge on any atom is 0.412 e. The highest BCUT2D eigenvalue weighted by atomic mass is 16.6. The van der Waals surface area contributed by atoms with Gasteiger partial charge in [0.25, 0.3) is 0 Å². The van der Waals surface area contributed by atoms with Gasteiger partial charge in [-0.25, -0.2) is 4.79 Å². The summed E-state index contributed by atoms with van der Waals surface area (Å²) in [6.45, 7) is 2.25. The molecule has 2 aromatic rings. The number of ether oxygens (including phenoxy) is 3. The third-order valence-electron chi connectivity index (χ3n) is 4.40. The molecule has 30 heavy (non-hydrogen) atoms. The normalized spacial score (nSPS) is 12.8. The lowest BCUT2D eigenvalue weighted by Gasteiger charge is -2.29. The number of nitrogens with zero attached hydrogens (tertiary/aromatic N) is 2. The minimum absolute atomic E-state index is 0.00879. The number of benzene rings is 2. The molecule has 0 bridgehead atoms. The van der Waals surface area contributed by atoms with E-state index in [4.69, 9.17) is 14.2 Å². The Morgan fingerprint density at radius 2 is 1.83 bits per heavy atom. The van der Waals surface area contributed by atoms with Crippen LogP contribution < -0.4 is 19.9 Å². The molecule has 0 saturated carbocycles. The third-order valence-corrected chi connectivity index (χ3v) is 4.40. The van der Waals surface area contributed by atoms with Crippen molar-refractivity contribution in [3.8, 4) is 11.5 Å². The van der Waals surface area contributed by atoms with Gasteiger partial charge in [-0.2, -0.15) is 4.59 Å². The van der Waals surface area contributed by atoms with Gasteiger partial charge in [0, 0.05) is 17.3 Å². The molecule has 0 saturated heterocycles. The van der Waals surface area contributed by atoms with E-state index in [9.17, 15) is 9.90 Å². The van der Waals surface area contributed by atoms with Gasteiger partial charge in [-0.1, -0.05) is 30.2 Å². The molecule has 0 aromatic heterocycles. The summed E-state index contributed by atoms with van der Waals surface area (Å²) < 4.78 is 16.0. The first kappa shape index (κ1) is 23.0. The van der Waals surface area contributed by atoms with E-state index in [1.54, 1.807) is 51.5 Å². The first-order valence-electron chi connectivity index (χ1n) is 9.63. The van der Waals surface area contributed by atoms with E-state index in [-0.39, 0.29) is 4.59 Å². The van der Waals surface area contributed by atoms with Gasteiger partial charge in [-0.15, -0.1) is 0 Å². The Bertz CT molecular complexity index is 868. The van der Waals surface area contributed by atoms with Crippen molar-refractivity contribution in [3.63, 3.8) is 0 Å². The molecule has 0 fully saturated rings. The number of hydrogen-bond acceptors (Lipinski definition) is 6. The predicted octanol–water partition coefficient (Wildman–Crippen LogP) is 2.83. The van der Waals surface area contributed by atoms with Gasteiger partial charge < -0.3 is 19.3 Å². The Balaban J connectivity index is 2.08. The number of anilines is 1. The first-order chi connectivity index (χ1) is 14.3. The number of nitrogens with one attached hydrogen (secondary N) is 1. The van der Waals surface area contributed by atoms with E-state index >= 15 is 0 Å². The van der Waals surface area contributed by atoms with E-state index in [1.165, 1.54) is 7.11 Å². The first-order valence-corrected chi connectivity index (χ1v) is 9.63. The number of quaternary nitrogens is 1. The van der Waals surface area contributed by atoms with E-state index < -0.39 is 18.1 Å². The summed E-state index contributed by atoms with van der Waals surface area (Å²) in [5.74, 6) is 0.540. The molecule has 1 amide bonds. The number of methoxy groups -OCH3 is 2. The van der Waals surface area contributed by atoms with E-state index in [2.05, 4.69) is 10.4 Å². The molecule has 1 unspecified atom stereocenters. The van der Waals surface area contributed by atoms with Crippen molar-refractivity contribution >= 4 is 17.7 Å². The smallest absolute Gasteiger partial charge is 0.412 e. The molecule has 8 nitrogen and oxygen atoms in total. The molecule has 0 radical (unpaired) electrons. The van der Waals surface area contributed by atoms with Crippen LogP contribution in [0.5, 0.6) is 11.5 Å². The summed E-state index contributed by atoms with van der Waals surface area (Å²) >= 11 is 0. The quantitative estimate of drug-likeness (QED) is 0.294. The minimum Gasteiger partial charge on any atom is -0.854 e. The zero-order chi connectivity index (χ0) is 22.1. The minimum atomic E-state index is -0.545. The van der Waals surface area contributed by atoms with Crippen LogP contribution in [0.25, 0.3) is 0 Å². The van der Waals surface area contributed by atoms with Crippen molar-refractivity contribution in [2.24, 2.45) is 5.10 Å². The average molecular weight is 415 g/mol. The molecule has 162 valence electrons. The number of hydrogen-bond donors (Lipinski definition) is 1. The lowest BCUT2D eigenvalue weighted by atomic mass is 10.2. The number of carbonyl (C=O) groups is 1. The summed E-state index contributed by atoms with van der Waals surface area (Å²) in [7, 11) is 6.57. The number of amides is 1. The van der Waals surface area contributed by atoms with Gasteiger partial charge >= 0.3 is 6.09 Å². The highest BCUT2D eigenvalue weighted by molar-refractivity contribution is 5.93. The monoisotopic (exact) mass is 415 g/mol. The molecule has 0 heterocycles. The molecule has 2 aromatic carbocycles. The molecular weight excluding hydrogens is 386 g/mol. The van der Waals surface area contributed by atoms with Crippen molar-refractivity contribution in [1.82, 2.24) is 0 Å². The summed E-state index contributed by atoms with van der Waals surface area (Å²) in [4.78, 5) is 12.2. The maximum atomic E-state index is 12.7. The lowest BCUT2D eigenvalue weighted by Crippen LogP contribution is -2.44. The van der Waals surface area contributed by atoms with Gasteiger partial charge in [-0.3, -0.25) is 5.32 Å². The van der Waals surface area contributed by atoms with Crippen molar-refractivity contribution in [2.45, 2.75) is 19.4 Å². The van der Waals surface area contributed by atoms with Crippen molar-refractivity contribution in [2.75, 3.05) is 40.2 Å². The number of rotatable bonds is 9. The molecule has 2 rings (SSSR count). The maximum absolute atomic E-state index is 12.7. The molecular formula is C22H29N3O5. The second kappa shape index (κ2) is 10.5. The van der Waals surface area contributed by atoms with Crippen LogP contribution in [0.1, 0.15) is 18.9 Å². The van der Waals surface area contributed by atoms with Crippen LogP contribution in [0.4, 0.5) is 10.5 Å². The zero-order valence-electron chi connectivity index (χ0n) is 18.0. The van der Waals surface area contributed by atoms with Crippen LogP contribution in [-0.2, 0) is 4.74 Å². The van der Waals surface area contributed by atoms with Crippen molar-refractivity contribution in [1.29, 1.82) is 0 Å². The Morgan fingerprint density at radius 1 is 1.13 bits per heavy atom. The van der Waals surface area contributed by atoms with Crippen LogP contribution in [0.3, 0.4) is 0 Å². The highest BCUT2D eigenvalue weighted by Gasteiger charge is 2.24. The fourth-order valence-corrected chi connectivity index (χ4v) is 2.88. The SMILES string of the molecule is CCC(C[N+](C)(C)/N=C(\[O-])c1ccc(OC)cc1OC)OC(=O)Nc1ccccc1. The van der Waals surface area contributed by atoms with Crippen LogP contribution in [0.15, 0.2) is 53.6 Å². The van der Waals surface area contributed by atoms with E-state index in [1.807, 2.05) is 25.1 Å². The summed E-state index contributed by atoms with van der Waals surface area (Å²) in [6, 6.07) is 14.0. The van der Waals surface area contributed by atoms with Crippen molar-refractivity contribution < 1.29 is 28.7 Å². The highest BCUT2D eigenvalue weighted by Crippen LogP contribution is 2.24. The van der Waals surface area contributed by atoms with Gasteiger partial charge in [0.15, 0.2) is 6.10 Å². The van der Waals surface area contributed by atoms with Crippen molar-refractivity contribution in [3.05, 3.63) is 54.1 Å². The fraction of sp³-hybridized carbons (Fsp3) is 0.364. The molecule has 1 atom stereocenters. The average Bonchev–Trinajstić information content (AvgIpc) is 2.72. The van der Waals surface area contributed by atoms with Gasteiger partial charge in [0.2, 0.25) is 0 Å². The predicted molar refractivity (Wildman–Crippen MR) is 114 cm³/mol. The van der Waals surface area contributed by atoms with Gasteiger partial charge in [0.1, 0.15) is 18.0 Å². The molecule has 1 N–H and O–H groups in total. The van der Waals surface area contributed by atoms with Crippen LogP contribution in [0, 0.1) is 0 Å². The Kier molecular flexibility index (Phi) is 8.06. The van der Waals surface area contributed by atoms with Crippen LogP contribution in [-0.4, -0.2) is 57.5 Å². The summed E-state index contributed by atoms with van der Waals surface area (Å²) in [6.07, 6.45) is -0.381. The van der Waals surface area contributed by atoms with Crippen LogP contribution in [0.2, 0.25) is 0 Å². The van der Waals surface area contributed by atoms with Crippen LogP contribution >= 0.6 is 0 Å².